The lowest BCUT2D eigenvalue weighted by atomic mass is 9.84. The molecule has 2 aliphatic rings. The number of carbonyl (C=O) groups excluding carboxylic acids is 4. The summed E-state index contributed by atoms with van der Waals surface area (Å²) in [5.74, 6) is -0.141. The molecule has 0 aromatic heterocycles. The number of amides is 4. The zero-order valence-electron chi connectivity index (χ0n) is 23.7. The van der Waals surface area contributed by atoms with Crippen molar-refractivity contribution in [2.24, 2.45) is 17.3 Å². The minimum Gasteiger partial charge on any atom is -0.490 e. The second-order valence-corrected chi connectivity index (χ2v) is 11.9. The van der Waals surface area contributed by atoms with Crippen LogP contribution in [0.15, 0.2) is 24.3 Å². The first-order valence-corrected chi connectivity index (χ1v) is 14.0. The van der Waals surface area contributed by atoms with Crippen LogP contribution in [0.25, 0.3) is 0 Å². The molecule has 0 radical (unpaired) electrons. The van der Waals surface area contributed by atoms with Gasteiger partial charge in [0.15, 0.2) is 0 Å². The Hall–Kier alpha value is -3.14. The average Bonchev–Trinajstić information content (AvgIpc) is 3.43. The van der Waals surface area contributed by atoms with Crippen LogP contribution in [0.5, 0.6) is 5.75 Å². The highest BCUT2D eigenvalue weighted by molar-refractivity contribution is 5.94. The van der Waals surface area contributed by atoms with Gasteiger partial charge in [-0.3, -0.25) is 24.4 Å². The van der Waals surface area contributed by atoms with Crippen molar-refractivity contribution in [2.45, 2.75) is 77.9 Å². The summed E-state index contributed by atoms with van der Waals surface area (Å²) >= 11 is 0. The predicted molar refractivity (Wildman–Crippen MR) is 146 cm³/mol. The summed E-state index contributed by atoms with van der Waals surface area (Å²) < 4.78 is 6.09. The van der Waals surface area contributed by atoms with E-state index in [0.29, 0.717) is 61.1 Å². The van der Waals surface area contributed by atoms with Crippen molar-refractivity contribution in [3.05, 3.63) is 29.8 Å². The van der Waals surface area contributed by atoms with Gasteiger partial charge in [0.25, 0.3) is 5.91 Å². The Bertz CT molecular complexity index is 978. The van der Waals surface area contributed by atoms with Crippen molar-refractivity contribution in [1.82, 2.24) is 20.6 Å². The zero-order valence-corrected chi connectivity index (χ0v) is 23.7. The molecule has 3 rings (SSSR count). The number of carbonyl (C=O) groups is 4. The van der Waals surface area contributed by atoms with Crippen LogP contribution in [0, 0.1) is 17.3 Å². The third kappa shape index (κ3) is 8.68. The number of hydrogen-bond donors (Lipinski definition) is 3. The van der Waals surface area contributed by atoms with Crippen molar-refractivity contribution >= 4 is 24.1 Å². The second kappa shape index (κ2) is 13.8. The zero-order chi connectivity index (χ0) is 28.6. The van der Waals surface area contributed by atoms with Crippen LogP contribution in [0.3, 0.4) is 0 Å². The number of hydroxylamine groups is 2. The number of likely N-dealkylation sites (tertiary alicyclic amines) is 1. The molecular formula is C29H44N4O6. The fourth-order valence-corrected chi connectivity index (χ4v) is 5.49. The molecule has 1 saturated carbocycles. The van der Waals surface area contributed by atoms with Crippen LogP contribution < -0.4 is 15.4 Å². The van der Waals surface area contributed by atoms with E-state index in [1.54, 1.807) is 36.2 Å². The first-order valence-electron chi connectivity index (χ1n) is 14.0. The van der Waals surface area contributed by atoms with Crippen LogP contribution >= 0.6 is 0 Å². The first-order chi connectivity index (χ1) is 18.5. The molecule has 3 N–H and O–H groups in total. The SMILES string of the molecule is CNC(=O)c1ccc(OC2CCN(C(=O)C(NC(=O)C(CC3CCCC3)CN(O)C=O)C(C)(C)C)CC2)cc1. The molecule has 1 aromatic rings. The molecule has 1 aliphatic carbocycles. The summed E-state index contributed by atoms with van der Waals surface area (Å²) in [5, 5.41) is 15.9. The number of rotatable bonds is 11. The molecule has 4 amide bonds. The lowest BCUT2D eigenvalue weighted by molar-refractivity contribution is -0.156. The van der Waals surface area contributed by atoms with Crippen molar-refractivity contribution in [3.63, 3.8) is 0 Å². The van der Waals surface area contributed by atoms with Crippen LogP contribution in [0.1, 0.15) is 76.1 Å². The van der Waals surface area contributed by atoms with Crippen molar-refractivity contribution in [1.29, 1.82) is 0 Å². The standard InChI is InChI=1S/C29H44N4O6/c1-29(2,3)25(31-27(36)22(18-33(38)19-34)17-20-7-5-6-8-20)28(37)32-15-13-24(14-16-32)39-23-11-9-21(10-12-23)26(35)30-4/h9-12,19-20,22,24-25,38H,5-8,13-18H2,1-4H3,(H,30,35)(H,31,36). The summed E-state index contributed by atoms with van der Waals surface area (Å²) in [4.78, 5) is 51.6. The minimum atomic E-state index is -0.742. The maximum Gasteiger partial charge on any atom is 0.251 e. The molecule has 1 saturated heterocycles. The second-order valence-electron chi connectivity index (χ2n) is 11.9. The quantitative estimate of drug-likeness (QED) is 0.223. The molecule has 2 atom stereocenters. The highest BCUT2D eigenvalue weighted by Gasteiger charge is 2.39. The van der Waals surface area contributed by atoms with Crippen LogP contribution in [-0.2, 0) is 14.4 Å². The summed E-state index contributed by atoms with van der Waals surface area (Å²) in [5.41, 5.74) is 0.0255. The Labute approximate surface area is 231 Å². The van der Waals surface area contributed by atoms with Gasteiger partial charge in [0, 0.05) is 38.5 Å². The number of nitrogens with one attached hydrogen (secondary N) is 2. The van der Waals surface area contributed by atoms with Crippen molar-refractivity contribution < 1.29 is 29.1 Å². The van der Waals surface area contributed by atoms with E-state index in [4.69, 9.17) is 4.74 Å². The average molecular weight is 545 g/mol. The third-order valence-corrected chi connectivity index (χ3v) is 7.79. The predicted octanol–water partition coefficient (Wildman–Crippen LogP) is 2.99. The van der Waals surface area contributed by atoms with E-state index in [1.807, 2.05) is 20.8 Å². The number of nitrogens with zero attached hydrogens (tertiary/aromatic N) is 2. The van der Waals surface area contributed by atoms with Gasteiger partial charge in [-0.15, -0.1) is 0 Å². The summed E-state index contributed by atoms with van der Waals surface area (Å²) in [6.45, 7) is 6.67. The topological polar surface area (TPSA) is 128 Å². The monoisotopic (exact) mass is 544 g/mol. The molecule has 39 heavy (non-hydrogen) atoms. The van der Waals surface area contributed by atoms with E-state index in [9.17, 15) is 24.4 Å². The first kappa shape index (κ1) is 30.4. The molecule has 10 nitrogen and oxygen atoms in total. The normalized spacial score (nSPS) is 18.2. The van der Waals surface area contributed by atoms with E-state index >= 15 is 0 Å². The molecule has 0 spiro atoms. The minimum absolute atomic E-state index is 0.0581. The molecule has 1 heterocycles. The van der Waals surface area contributed by atoms with E-state index < -0.39 is 17.4 Å². The lowest BCUT2D eigenvalue weighted by Crippen LogP contribution is -2.58. The number of benzene rings is 1. The Kier molecular flexibility index (Phi) is 10.7. The molecule has 0 bridgehead atoms. The largest absolute Gasteiger partial charge is 0.490 e. The Balaban J connectivity index is 1.60. The maximum atomic E-state index is 13.6. The third-order valence-electron chi connectivity index (χ3n) is 7.79. The van der Waals surface area contributed by atoms with Gasteiger partial charge in [-0.25, -0.2) is 5.06 Å². The number of ether oxygens (including phenoxy) is 1. The fraction of sp³-hybridized carbons (Fsp3) is 0.655. The summed E-state index contributed by atoms with van der Waals surface area (Å²) in [6.07, 6.45) is 6.45. The van der Waals surface area contributed by atoms with E-state index in [0.717, 1.165) is 25.7 Å². The van der Waals surface area contributed by atoms with Gasteiger partial charge in [-0.1, -0.05) is 46.5 Å². The number of hydrogen-bond acceptors (Lipinski definition) is 6. The lowest BCUT2D eigenvalue weighted by Gasteiger charge is -2.39. The molecule has 216 valence electrons. The molecule has 1 aliphatic heterocycles. The molecule has 2 fully saturated rings. The number of piperidine rings is 1. The van der Waals surface area contributed by atoms with Gasteiger partial charge in [0.2, 0.25) is 18.2 Å². The molecule has 1 aromatic carbocycles. The Morgan fingerprint density at radius 3 is 2.26 bits per heavy atom. The van der Waals surface area contributed by atoms with Crippen LogP contribution in [0.4, 0.5) is 0 Å². The molecule has 2 unspecified atom stereocenters. The van der Waals surface area contributed by atoms with Crippen molar-refractivity contribution in [2.75, 3.05) is 26.7 Å². The van der Waals surface area contributed by atoms with Gasteiger partial charge in [0.1, 0.15) is 17.9 Å². The Morgan fingerprint density at radius 2 is 1.72 bits per heavy atom. The maximum absolute atomic E-state index is 13.6. The van der Waals surface area contributed by atoms with Gasteiger partial charge in [0.05, 0.1) is 12.5 Å². The molecular weight excluding hydrogens is 500 g/mol. The van der Waals surface area contributed by atoms with Gasteiger partial charge in [-0.2, -0.15) is 0 Å². The van der Waals surface area contributed by atoms with Crippen LogP contribution in [0.2, 0.25) is 0 Å². The fourth-order valence-electron chi connectivity index (χ4n) is 5.49. The summed E-state index contributed by atoms with van der Waals surface area (Å²) in [6, 6.07) is 6.23. The van der Waals surface area contributed by atoms with Gasteiger partial charge >= 0.3 is 0 Å². The van der Waals surface area contributed by atoms with Gasteiger partial charge < -0.3 is 20.3 Å². The highest BCUT2D eigenvalue weighted by atomic mass is 16.5. The molecule has 10 heteroatoms. The highest BCUT2D eigenvalue weighted by Crippen LogP contribution is 2.31. The van der Waals surface area contributed by atoms with Crippen LogP contribution in [-0.4, -0.2) is 78.1 Å². The van der Waals surface area contributed by atoms with E-state index in [2.05, 4.69) is 10.6 Å². The van der Waals surface area contributed by atoms with Gasteiger partial charge in [-0.05, 0) is 42.0 Å². The van der Waals surface area contributed by atoms with Crippen molar-refractivity contribution in [3.8, 4) is 5.75 Å². The smallest absolute Gasteiger partial charge is 0.251 e. The van der Waals surface area contributed by atoms with E-state index in [-0.39, 0.29) is 30.4 Å². The van der Waals surface area contributed by atoms with E-state index in [1.165, 1.54) is 0 Å². The summed E-state index contributed by atoms with van der Waals surface area (Å²) in [7, 11) is 1.59. The Morgan fingerprint density at radius 1 is 1.10 bits per heavy atom.